The molecule has 3 aliphatic rings. The van der Waals surface area contributed by atoms with E-state index < -0.39 is 27.9 Å². The normalized spacial score (nSPS) is 19.9. The maximum absolute atomic E-state index is 5.63. The summed E-state index contributed by atoms with van der Waals surface area (Å²) in [6, 6.07) is 65.0. The van der Waals surface area contributed by atoms with Crippen molar-refractivity contribution in [1.82, 2.24) is 9.55 Å². The zero-order valence-electron chi connectivity index (χ0n) is 29.6. The molecule has 11 rings (SSSR count). The first-order valence-corrected chi connectivity index (χ1v) is 20.5. The Morgan fingerprint density at radius 3 is 1.85 bits per heavy atom. The van der Waals surface area contributed by atoms with Crippen molar-refractivity contribution in [2.75, 3.05) is 20.4 Å². The van der Waals surface area contributed by atoms with Gasteiger partial charge in [0.2, 0.25) is 0 Å². The number of benzene rings is 6. The van der Waals surface area contributed by atoms with Gasteiger partial charge in [-0.1, -0.05) is 0 Å². The van der Waals surface area contributed by atoms with Gasteiger partial charge in [-0.25, -0.2) is 0 Å². The Morgan fingerprint density at radius 2 is 1.17 bits per heavy atom. The fraction of sp³-hybridized carbons (Fsp3) is 0.0851. The first kappa shape index (κ1) is 31.4. The van der Waals surface area contributed by atoms with E-state index in [9.17, 15) is 0 Å². The number of aromatic nitrogens is 2. The van der Waals surface area contributed by atoms with Gasteiger partial charge >= 0.3 is 323 Å². The van der Waals surface area contributed by atoms with Gasteiger partial charge in [-0.05, 0) is 0 Å². The molecule has 2 N–H and O–H groups in total. The summed E-state index contributed by atoms with van der Waals surface area (Å²) in [6.07, 6.45) is 0. The molecule has 0 aliphatic carbocycles. The van der Waals surface area contributed by atoms with Gasteiger partial charge in [-0.3, -0.25) is 0 Å². The summed E-state index contributed by atoms with van der Waals surface area (Å²) in [5.41, 5.74) is 9.14. The molecule has 0 saturated carbocycles. The summed E-state index contributed by atoms with van der Waals surface area (Å²) in [5, 5.41) is 10.2. The second-order valence-electron chi connectivity index (χ2n) is 14.1. The molecule has 7 heteroatoms. The summed E-state index contributed by atoms with van der Waals surface area (Å²) in [6.45, 7) is 4.62. The molecule has 1 unspecified atom stereocenters. The molecule has 263 valence electrons. The van der Waals surface area contributed by atoms with Gasteiger partial charge in [0.05, 0.1) is 0 Å². The third-order valence-corrected chi connectivity index (χ3v) is 14.0. The third-order valence-electron chi connectivity index (χ3n) is 11.2. The molecule has 6 aromatic carbocycles. The second kappa shape index (κ2) is 11.7. The molecule has 8 aromatic rings. The molecule has 0 spiro atoms. The Hall–Kier alpha value is -6.14. The molecule has 3 aliphatic heterocycles. The molecule has 0 radical (unpaired) electrons. The summed E-state index contributed by atoms with van der Waals surface area (Å²) < 4.78 is 4.62. The predicted octanol–water partition coefficient (Wildman–Crippen LogP) is 9.24. The predicted molar refractivity (Wildman–Crippen MR) is 216 cm³/mol. The Bertz CT molecular complexity index is 2880. The number of rotatable bonds is 2. The summed E-state index contributed by atoms with van der Waals surface area (Å²) in [7, 11) is 0. The van der Waals surface area contributed by atoms with Crippen molar-refractivity contribution in [3.63, 3.8) is 0 Å². The van der Waals surface area contributed by atoms with Crippen molar-refractivity contribution in [3.8, 4) is 5.82 Å². The van der Waals surface area contributed by atoms with Gasteiger partial charge in [0.15, 0.2) is 0 Å². The average Bonchev–Trinajstić information content (AvgIpc) is 3.90. The number of pyridine rings is 1. The summed E-state index contributed by atoms with van der Waals surface area (Å²) in [5.74, 6) is 0.845. The van der Waals surface area contributed by atoms with Gasteiger partial charge in [0.1, 0.15) is 0 Å². The van der Waals surface area contributed by atoms with Crippen LogP contribution in [0.25, 0.3) is 27.6 Å². The Balaban J connectivity index is 1.34. The number of anilines is 4. The molecular formula is C47H33IrN6-3. The monoisotopic (exact) mass is 874 g/mol. The number of hydrogen-bond donors (Lipinski definition) is 2. The Morgan fingerprint density at radius 1 is 0.556 bits per heavy atom. The molecule has 54 heavy (non-hydrogen) atoms. The van der Waals surface area contributed by atoms with Crippen molar-refractivity contribution < 1.29 is 16.8 Å². The van der Waals surface area contributed by atoms with E-state index in [1.54, 1.807) is 0 Å². The summed E-state index contributed by atoms with van der Waals surface area (Å²) in [4.78, 5) is 10.7. The fourth-order valence-corrected chi connectivity index (χ4v) is 12.2. The van der Waals surface area contributed by atoms with Crippen LogP contribution in [0.15, 0.2) is 152 Å². The number of para-hydroxylation sites is 5. The van der Waals surface area contributed by atoms with E-state index in [0.29, 0.717) is 0 Å². The van der Waals surface area contributed by atoms with Gasteiger partial charge in [-0.2, -0.15) is 0 Å². The van der Waals surface area contributed by atoms with E-state index in [4.69, 9.17) is 4.98 Å². The van der Waals surface area contributed by atoms with Crippen LogP contribution in [-0.4, -0.2) is 18.1 Å². The van der Waals surface area contributed by atoms with E-state index in [1.807, 2.05) is 24.3 Å². The first-order chi connectivity index (χ1) is 26.5. The second-order valence-corrected chi connectivity index (χ2v) is 17.0. The van der Waals surface area contributed by atoms with Gasteiger partial charge in [0.25, 0.3) is 0 Å². The fourth-order valence-electron chi connectivity index (χ4n) is 8.50. The number of nitrogens with zero attached hydrogens (tertiary/aromatic N) is 4. The molecule has 0 saturated heterocycles. The van der Waals surface area contributed by atoms with Gasteiger partial charge in [0, 0.05) is 0 Å². The standard InChI is InChI=1S/C47H33N6.Ir/c1-46(33-16-5-3-6-17-33,51-31-48-38-21-10-13-24-41(38)51)35-28-29-37-36-20-9-12-23-40(36)53(43(37)30-35)45-27-15-26-44(50-45)47(2,34-18-7-4-8-19-34)52-32-49-39-22-11-14-25-42(39)52;/h3-16,18,20-29,48-49H,1-2H3;/q-3;/t46?,47-;/m0./s1. The van der Waals surface area contributed by atoms with Crippen LogP contribution >= 0.6 is 0 Å². The molecular weight excluding hydrogens is 841 g/mol. The molecule has 2 atom stereocenters. The zero-order chi connectivity index (χ0) is 36.0. The van der Waals surface area contributed by atoms with Gasteiger partial charge < -0.3 is 0 Å². The number of hydrogen-bond acceptors (Lipinski definition) is 5. The van der Waals surface area contributed by atoms with Crippen LogP contribution in [0, 0.1) is 18.2 Å². The van der Waals surface area contributed by atoms with E-state index in [-0.39, 0.29) is 0 Å². The SMILES string of the molecule is CC1(c2[c-]cccc2)c2[c-]c3c(cc2)c2ccccc2n3-c2cccc(n2)[C@](C)(c2[c-]cccc2)N2[C](=[Ir]=[C]3Nc4ccccc4N31)Nc1ccccc12. The topological polar surface area (TPSA) is 48.4 Å². The molecule has 4 bridgehead atoms. The minimum absolute atomic E-state index is 0.693. The number of nitrogens with one attached hydrogen (secondary N) is 2. The first-order valence-electron chi connectivity index (χ1n) is 18.1. The van der Waals surface area contributed by atoms with Crippen LogP contribution in [0.3, 0.4) is 0 Å². The summed E-state index contributed by atoms with van der Waals surface area (Å²) >= 11 is -1.11. The van der Waals surface area contributed by atoms with Crippen LogP contribution in [-0.2, 0) is 27.9 Å². The van der Waals surface area contributed by atoms with Crippen LogP contribution in [0.1, 0.15) is 36.2 Å². The van der Waals surface area contributed by atoms with E-state index in [1.165, 1.54) is 9.66 Å². The van der Waals surface area contributed by atoms with Crippen molar-refractivity contribution in [3.05, 3.63) is 192 Å². The quantitative estimate of drug-likeness (QED) is 0.170. The zero-order valence-corrected chi connectivity index (χ0v) is 32.0. The molecule has 6 nitrogen and oxygen atoms in total. The van der Waals surface area contributed by atoms with E-state index >= 15 is 0 Å². The Labute approximate surface area is 321 Å². The molecule has 2 aromatic heterocycles. The maximum atomic E-state index is 5.63. The van der Waals surface area contributed by atoms with Crippen molar-refractivity contribution in [2.24, 2.45) is 0 Å². The van der Waals surface area contributed by atoms with E-state index in [2.05, 4.69) is 184 Å². The molecule has 0 amide bonds. The third kappa shape index (κ3) is 4.34. The van der Waals surface area contributed by atoms with E-state index in [0.717, 1.165) is 71.6 Å². The van der Waals surface area contributed by atoms with Crippen molar-refractivity contribution >= 4 is 53.1 Å². The van der Waals surface area contributed by atoms with Gasteiger partial charge in [-0.15, -0.1) is 0 Å². The minimum atomic E-state index is -1.11. The van der Waals surface area contributed by atoms with Crippen LogP contribution in [0.2, 0.25) is 0 Å². The van der Waals surface area contributed by atoms with Crippen molar-refractivity contribution in [2.45, 2.75) is 24.9 Å². The number of fused-ring (bicyclic) bond motifs is 13. The van der Waals surface area contributed by atoms with Crippen molar-refractivity contribution in [1.29, 1.82) is 0 Å². The molecule has 5 heterocycles. The van der Waals surface area contributed by atoms with Crippen LogP contribution in [0.4, 0.5) is 22.7 Å². The van der Waals surface area contributed by atoms with Crippen LogP contribution in [0.5, 0.6) is 0 Å². The Kier molecular flexibility index (Phi) is 6.79. The average molecular weight is 874 g/mol. The van der Waals surface area contributed by atoms with Crippen LogP contribution < -0.4 is 20.4 Å². The molecule has 0 fully saturated rings.